The minimum absolute atomic E-state index is 0. The third-order valence-corrected chi connectivity index (χ3v) is 6.02. The molecule has 0 spiro atoms. The van der Waals surface area contributed by atoms with Crippen LogP contribution in [0.2, 0.25) is 0 Å². The number of halogens is 1. The van der Waals surface area contributed by atoms with Gasteiger partial charge in [0.1, 0.15) is 0 Å². The van der Waals surface area contributed by atoms with Crippen LogP contribution < -0.4 is 5.32 Å². The minimum Gasteiger partial charge on any atom is -0.333 e. The Morgan fingerprint density at radius 3 is 3.13 bits per heavy atom. The average Bonchev–Trinajstić information content (AvgIpc) is 3.13. The first-order chi connectivity index (χ1) is 10.7. The van der Waals surface area contributed by atoms with Gasteiger partial charge in [0.15, 0.2) is 5.82 Å². The molecular weight excluding hydrogens is 332 g/mol. The van der Waals surface area contributed by atoms with Crippen molar-refractivity contribution in [3.8, 4) is 10.8 Å². The number of hydrogen-bond donors (Lipinski definition) is 1. The Bertz CT molecular complexity index is 671. The molecule has 23 heavy (non-hydrogen) atoms. The lowest BCUT2D eigenvalue weighted by atomic mass is 9.90. The van der Waals surface area contributed by atoms with Crippen LogP contribution in [0.1, 0.15) is 35.7 Å². The molecule has 3 heterocycles. The van der Waals surface area contributed by atoms with Crippen LogP contribution in [0.25, 0.3) is 10.8 Å². The van der Waals surface area contributed by atoms with E-state index in [1.54, 1.807) is 0 Å². The van der Waals surface area contributed by atoms with Gasteiger partial charge in [-0.05, 0) is 43.9 Å². The van der Waals surface area contributed by atoms with E-state index in [1.807, 2.05) is 11.3 Å². The fourth-order valence-electron chi connectivity index (χ4n) is 3.38. The molecule has 2 aromatic rings. The summed E-state index contributed by atoms with van der Waals surface area (Å²) < 4.78 is 5.55. The van der Waals surface area contributed by atoms with Crippen molar-refractivity contribution in [1.29, 1.82) is 0 Å². The average molecular weight is 355 g/mol. The molecule has 7 heteroatoms. The van der Waals surface area contributed by atoms with Gasteiger partial charge in [-0.3, -0.25) is 4.90 Å². The summed E-state index contributed by atoms with van der Waals surface area (Å²) in [6.45, 7) is 5.25. The number of nitrogens with one attached hydrogen (secondary N) is 1. The van der Waals surface area contributed by atoms with Crippen LogP contribution in [0.5, 0.6) is 0 Å². The standard InChI is InChI=1S/C16H22N4OS.ClH/c1-10-3-4-13-11(7-10)8-14(22-13)16-18-15(19-21-16)12-9-17-5-6-20(12)2;/h8,10,12,17H,3-7,9H2,1-2H3;1H. The van der Waals surface area contributed by atoms with Crippen LogP contribution in [0.4, 0.5) is 0 Å². The van der Waals surface area contributed by atoms with Crippen LogP contribution in [-0.2, 0) is 12.8 Å². The second kappa shape index (κ2) is 6.89. The first-order valence-corrected chi connectivity index (χ1v) is 8.89. The van der Waals surface area contributed by atoms with Gasteiger partial charge in [-0.15, -0.1) is 23.7 Å². The molecule has 0 radical (unpaired) electrons. The number of aromatic nitrogens is 2. The minimum atomic E-state index is 0. The van der Waals surface area contributed by atoms with E-state index in [9.17, 15) is 0 Å². The third kappa shape index (κ3) is 3.31. The summed E-state index contributed by atoms with van der Waals surface area (Å²) in [4.78, 5) is 9.58. The highest BCUT2D eigenvalue weighted by molar-refractivity contribution is 7.15. The van der Waals surface area contributed by atoms with Gasteiger partial charge in [0.05, 0.1) is 10.9 Å². The van der Waals surface area contributed by atoms with Crippen LogP contribution in [0, 0.1) is 5.92 Å². The molecule has 0 saturated carbocycles. The molecule has 1 N–H and O–H groups in total. The molecule has 5 nitrogen and oxygen atoms in total. The normalized spacial score (nSPS) is 25.0. The van der Waals surface area contributed by atoms with Gasteiger partial charge in [0.25, 0.3) is 5.89 Å². The van der Waals surface area contributed by atoms with Gasteiger partial charge in [-0.1, -0.05) is 12.1 Å². The first kappa shape index (κ1) is 16.9. The summed E-state index contributed by atoms with van der Waals surface area (Å²) in [6, 6.07) is 2.47. The molecule has 0 bridgehead atoms. The van der Waals surface area contributed by atoms with Crippen LogP contribution in [0.15, 0.2) is 10.6 Å². The number of hydrogen-bond acceptors (Lipinski definition) is 6. The Labute approximate surface area is 146 Å². The number of nitrogens with zero attached hydrogens (tertiary/aromatic N) is 3. The Balaban J connectivity index is 0.00000156. The lowest BCUT2D eigenvalue weighted by Gasteiger charge is -2.30. The molecule has 2 unspecified atom stereocenters. The summed E-state index contributed by atoms with van der Waals surface area (Å²) in [7, 11) is 2.12. The van der Waals surface area contributed by atoms with Crippen molar-refractivity contribution in [2.75, 3.05) is 26.7 Å². The summed E-state index contributed by atoms with van der Waals surface area (Å²) in [5.74, 6) is 2.26. The quantitative estimate of drug-likeness (QED) is 0.898. The Morgan fingerprint density at radius 1 is 1.43 bits per heavy atom. The topological polar surface area (TPSA) is 54.2 Å². The van der Waals surface area contributed by atoms with Crippen LogP contribution in [0.3, 0.4) is 0 Å². The molecule has 126 valence electrons. The first-order valence-electron chi connectivity index (χ1n) is 8.07. The van der Waals surface area contributed by atoms with Gasteiger partial charge < -0.3 is 9.84 Å². The lowest BCUT2D eigenvalue weighted by molar-refractivity contribution is 0.190. The maximum atomic E-state index is 5.55. The number of thiophene rings is 1. The molecule has 1 aliphatic heterocycles. The van der Waals surface area contributed by atoms with E-state index in [4.69, 9.17) is 4.52 Å². The molecule has 1 fully saturated rings. The summed E-state index contributed by atoms with van der Waals surface area (Å²) in [5, 5.41) is 7.62. The second-order valence-electron chi connectivity index (χ2n) is 6.57. The third-order valence-electron chi connectivity index (χ3n) is 4.79. The van der Waals surface area contributed by atoms with Gasteiger partial charge in [0, 0.05) is 24.5 Å². The fourth-order valence-corrected chi connectivity index (χ4v) is 4.51. The predicted molar refractivity (Wildman–Crippen MR) is 94.3 cm³/mol. The maximum absolute atomic E-state index is 5.55. The van der Waals surface area contributed by atoms with Crippen molar-refractivity contribution in [3.05, 3.63) is 22.3 Å². The van der Waals surface area contributed by atoms with Crippen molar-refractivity contribution in [1.82, 2.24) is 20.4 Å². The molecule has 4 rings (SSSR count). The molecule has 2 aliphatic rings. The monoisotopic (exact) mass is 354 g/mol. The van der Waals surface area contributed by atoms with Crippen molar-refractivity contribution < 1.29 is 4.52 Å². The van der Waals surface area contributed by atoms with E-state index in [0.29, 0.717) is 5.89 Å². The lowest BCUT2D eigenvalue weighted by Crippen LogP contribution is -2.44. The van der Waals surface area contributed by atoms with Gasteiger partial charge in [-0.2, -0.15) is 4.98 Å². The molecular formula is C16H23ClN4OS. The zero-order valence-corrected chi connectivity index (χ0v) is 15.2. The number of fused-ring (bicyclic) bond motifs is 1. The molecule has 2 atom stereocenters. The highest BCUT2D eigenvalue weighted by atomic mass is 35.5. The van der Waals surface area contributed by atoms with Gasteiger partial charge in [0.2, 0.25) is 0 Å². The van der Waals surface area contributed by atoms with Crippen molar-refractivity contribution in [2.24, 2.45) is 5.92 Å². The van der Waals surface area contributed by atoms with Crippen molar-refractivity contribution >= 4 is 23.7 Å². The van der Waals surface area contributed by atoms with E-state index < -0.39 is 0 Å². The van der Waals surface area contributed by atoms with Crippen molar-refractivity contribution in [2.45, 2.75) is 32.2 Å². The SMILES string of the molecule is CC1CCc2sc(-c3nc(C4CNCCN4C)no3)cc2C1.Cl. The fraction of sp³-hybridized carbons (Fsp3) is 0.625. The zero-order chi connectivity index (χ0) is 15.1. The van der Waals surface area contributed by atoms with Crippen LogP contribution in [-0.4, -0.2) is 41.7 Å². The highest BCUT2D eigenvalue weighted by Gasteiger charge is 2.26. The van der Waals surface area contributed by atoms with E-state index in [2.05, 4.69) is 40.4 Å². The Hall–Kier alpha value is -0.950. The van der Waals surface area contributed by atoms with Gasteiger partial charge in [-0.25, -0.2) is 0 Å². The molecule has 0 aromatic carbocycles. The van der Waals surface area contributed by atoms with Gasteiger partial charge >= 0.3 is 0 Å². The zero-order valence-electron chi connectivity index (χ0n) is 13.5. The number of rotatable bonds is 2. The van der Waals surface area contributed by atoms with E-state index in [1.165, 1.54) is 29.7 Å². The Kier molecular flexibility index (Phi) is 5.06. The smallest absolute Gasteiger partial charge is 0.268 e. The van der Waals surface area contributed by atoms with E-state index >= 15 is 0 Å². The van der Waals surface area contributed by atoms with Crippen molar-refractivity contribution in [3.63, 3.8) is 0 Å². The number of likely N-dealkylation sites (N-methyl/N-ethyl adjacent to an activating group) is 1. The summed E-state index contributed by atoms with van der Waals surface area (Å²) in [5.41, 5.74) is 1.48. The summed E-state index contributed by atoms with van der Waals surface area (Å²) >= 11 is 1.83. The molecule has 0 amide bonds. The Morgan fingerprint density at radius 2 is 2.30 bits per heavy atom. The van der Waals surface area contributed by atoms with E-state index in [-0.39, 0.29) is 18.4 Å². The second-order valence-corrected chi connectivity index (χ2v) is 7.70. The number of aryl methyl sites for hydroxylation is 1. The predicted octanol–water partition coefficient (Wildman–Crippen LogP) is 2.92. The molecule has 2 aromatic heterocycles. The highest BCUT2D eigenvalue weighted by Crippen LogP contribution is 2.37. The van der Waals surface area contributed by atoms with E-state index in [0.717, 1.165) is 36.3 Å². The summed E-state index contributed by atoms with van der Waals surface area (Å²) in [6.07, 6.45) is 3.67. The molecule has 1 aliphatic carbocycles. The largest absolute Gasteiger partial charge is 0.333 e. The van der Waals surface area contributed by atoms with Crippen LogP contribution >= 0.6 is 23.7 Å². The number of piperazine rings is 1. The maximum Gasteiger partial charge on any atom is 0.268 e. The molecule has 1 saturated heterocycles.